The summed E-state index contributed by atoms with van der Waals surface area (Å²) < 4.78 is 10.9. The molecule has 1 N–H and O–H groups in total. The highest BCUT2D eigenvalue weighted by molar-refractivity contribution is 5.58. The highest BCUT2D eigenvalue weighted by atomic mass is 16.5. The van der Waals surface area contributed by atoms with Crippen molar-refractivity contribution in [2.75, 3.05) is 19.7 Å². The van der Waals surface area contributed by atoms with Crippen molar-refractivity contribution >= 4 is 0 Å². The summed E-state index contributed by atoms with van der Waals surface area (Å²) in [4.78, 5) is 4.45. The Morgan fingerprint density at radius 1 is 1.37 bits per heavy atom. The molecule has 1 aromatic heterocycles. The Morgan fingerprint density at radius 3 is 3.05 bits per heavy atom. The molecule has 1 aliphatic rings. The number of hydrogen-bond acceptors (Lipinski definition) is 5. The third-order valence-electron chi connectivity index (χ3n) is 3.26. The minimum absolute atomic E-state index is 0.124. The van der Waals surface area contributed by atoms with Gasteiger partial charge in [0.15, 0.2) is 0 Å². The number of nitrogens with one attached hydrogen (secondary N) is 1. The standard InChI is InChI=1S/C14H17N3O2/c1-10-4-2-3-5-12(10)14-16-13(19-17-14)8-11-9-15-6-7-18-11/h2-5,11,15H,6-9H2,1H3. The fourth-order valence-corrected chi connectivity index (χ4v) is 2.22. The Kier molecular flexibility index (Phi) is 3.57. The van der Waals surface area contributed by atoms with Gasteiger partial charge in [0.05, 0.1) is 19.1 Å². The van der Waals surface area contributed by atoms with Crippen molar-refractivity contribution in [3.05, 3.63) is 35.7 Å². The van der Waals surface area contributed by atoms with E-state index in [1.807, 2.05) is 31.2 Å². The molecule has 0 spiro atoms. The van der Waals surface area contributed by atoms with E-state index in [9.17, 15) is 0 Å². The van der Waals surface area contributed by atoms with Gasteiger partial charge < -0.3 is 14.6 Å². The zero-order valence-corrected chi connectivity index (χ0v) is 10.9. The van der Waals surface area contributed by atoms with Crippen molar-refractivity contribution in [2.45, 2.75) is 19.4 Å². The summed E-state index contributed by atoms with van der Waals surface area (Å²) in [6, 6.07) is 8.02. The molecule has 1 atom stereocenters. The van der Waals surface area contributed by atoms with Crippen LogP contribution in [0.15, 0.2) is 28.8 Å². The molecule has 1 aromatic carbocycles. The topological polar surface area (TPSA) is 60.2 Å². The maximum absolute atomic E-state index is 5.63. The smallest absolute Gasteiger partial charge is 0.229 e. The average Bonchev–Trinajstić information content (AvgIpc) is 2.89. The van der Waals surface area contributed by atoms with Crippen LogP contribution in [-0.2, 0) is 11.2 Å². The second-order valence-corrected chi connectivity index (χ2v) is 4.73. The van der Waals surface area contributed by atoms with E-state index in [2.05, 4.69) is 15.5 Å². The fraction of sp³-hybridized carbons (Fsp3) is 0.429. The molecular formula is C14H17N3O2. The van der Waals surface area contributed by atoms with Crippen LogP contribution >= 0.6 is 0 Å². The van der Waals surface area contributed by atoms with E-state index >= 15 is 0 Å². The molecule has 100 valence electrons. The summed E-state index contributed by atoms with van der Waals surface area (Å²) in [5, 5.41) is 7.34. The molecule has 5 nitrogen and oxygen atoms in total. The Balaban J connectivity index is 1.74. The van der Waals surface area contributed by atoms with Gasteiger partial charge >= 0.3 is 0 Å². The molecule has 2 heterocycles. The summed E-state index contributed by atoms with van der Waals surface area (Å²) in [5.41, 5.74) is 2.16. The zero-order chi connectivity index (χ0) is 13.1. The van der Waals surface area contributed by atoms with E-state index in [4.69, 9.17) is 9.26 Å². The van der Waals surface area contributed by atoms with E-state index < -0.39 is 0 Å². The van der Waals surface area contributed by atoms with Gasteiger partial charge in [-0.25, -0.2) is 0 Å². The first-order valence-electron chi connectivity index (χ1n) is 6.54. The first-order valence-corrected chi connectivity index (χ1v) is 6.54. The molecule has 2 aromatic rings. The SMILES string of the molecule is Cc1ccccc1-c1noc(CC2CNCCO2)n1. The van der Waals surface area contributed by atoms with Crippen LogP contribution in [0.2, 0.25) is 0 Å². The number of benzene rings is 1. The van der Waals surface area contributed by atoms with Crippen LogP contribution in [0.4, 0.5) is 0 Å². The molecule has 1 aliphatic heterocycles. The number of rotatable bonds is 3. The van der Waals surface area contributed by atoms with Crippen molar-refractivity contribution < 1.29 is 9.26 Å². The van der Waals surface area contributed by atoms with E-state index in [1.165, 1.54) is 0 Å². The summed E-state index contributed by atoms with van der Waals surface area (Å²) in [6.07, 6.45) is 0.783. The Hall–Kier alpha value is -1.72. The Bertz CT molecular complexity index is 547. The number of nitrogens with zero attached hydrogens (tertiary/aromatic N) is 2. The lowest BCUT2D eigenvalue weighted by molar-refractivity contribution is 0.0246. The molecule has 0 radical (unpaired) electrons. The van der Waals surface area contributed by atoms with Crippen LogP contribution in [0.5, 0.6) is 0 Å². The van der Waals surface area contributed by atoms with Crippen molar-refractivity contribution in [3.63, 3.8) is 0 Å². The average molecular weight is 259 g/mol. The van der Waals surface area contributed by atoms with Gasteiger partial charge in [0.25, 0.3) is 0 Å². The fourth-order valence-electron chi connectivity index (χ4n) is 2.22. The summed E-state index contributed by atoms with van der Waals surface area (Å²) >= 11 is 0. The van der Waals surface area contributed by atoms with Crippen LogP contribution in [0.3, 0.4) is 0 Å². The van der Waals surface area contributed by atoms with Crippen molar-refractivity contribution in [2.24, 2.45) is 0 Å². The lowest BCUT2D eigenvalue weighted by Crippen LogP contribution is -2.39. The minimum atomic E-state index is 0.124. The van der Waals surface area contributed by atoms with Crippen molar-refractivity contribution in [3.8, 4) is 11.4 Å². The van der Waals surface area contributed by atoms with Gasteiger partial charge in [-0.2, -0.15) is 4.98 Å². The van der Waals surface area contributed by atoms with Gasteiger partial charge in [-0.15, -0.1) is 0 Å². The summed E-state index contributed by atoms with van der Waals surface area (Å²) in [6.45, 7) is 4.53. The second kappa shape index (κ2) is 5.50. The van der Waals surface area contributed by atoms with Crippen LogP contribution in [0.25, 0.3) is 11.4 Å². The quantitative estimate of drug-likeness (QED) is 0.906. The molecule has 3 rings (SSSR count). The first-order chi connectivity index (χ1) is 9.33. The van der Waals surface area contributed by atoms with E-state index in [1.54, 1.807) is 0 Å². The lowest BCUT2D eigenvalue weighted by Gasteiger charge is -2.21. The third kappa shape index (κ3) is 2.83. The van der Waals surface area contributed by atoms with Gasteiger partial charge in [0, 0.05) is 18.7 Å². The monoisotopic (exact) mass is 259 g/mol. The second-order valence-electron chi connectivity index (χ2n) is 4.73. The van der Waals surface area contributed by atoms with Crippen LogP contribution in [0.1, 0.15) is 11.5 Å². The van der Waals surface area contributed by atoms with E-state index in [0.29, 0.717) is 18.1 Å². The maximum atomic E-state index is 5.63. The summed E-state index contributed by atoms with van der Waals surface area (Å²) in [5.74, 6) is 1.28. The highest BCUT2D eigenvalue weighted by Crippen LogP contribution is 2.20. The number of morpholine rings is 1. The zero-order valence-electron chi connectivity index (χ0n) is 10.9. The molecule has 0 amide bonds. The predicted molar refractivity (Wildman–Crippen MR) is 70.8 cm³/mol. The number of aromatic nitrogens is 2. The van der Waals surface area contributed by atoms with Gasteiger partial charge in [-0.3, -0.25) is 0 Å². The molecule has 1 unspecified atom stereocenters. The van der Waals surface area contributed by atoms with Gasteiger partial charge in [-0.05, 0) is 12.5 Å². The van der Waals surface area contributed by atoms with Gasteiger partial charge in [-0.1, -0.05) is 29.4 Å². The molecule has 5 heteroatoms. The maximum Gasteiger partial charge on any atom is 0.229 e. The molecular weight excluding hydrogens is 242 g/mol. The number of hydrogen-bond donors (Lipinski definition) is 1. The Morgan fingerprint density at radius 2 is 2.26 bits per heavy atom. The van der Waals surface area contributed by atoms with Crippen LogP contribution < -0.4 is 5.32 Å². The molecule has 1 fully saturated rings. The van der Waals surface area contributed by atoms with E-state index in [-0.39, 0.29) is 6.10 Å². The van der Waals surface area contributed by atoms with Crippen LogP contribution in [0, 0.1) is 6.92 Å². The van der Waals surface area contributed by atoms with Gasteiger partial charge in [0.1, 0.15) is 0 Å². The first kappa shape index (κ1) is 12.3. The van der Waals surface area contributed by atoms with Crippen molar-refractivity contribution in [1.29, 1.82) is 0 Å². The normalized spacial score (nSPS) is 19.5. The van der Waals surface area contributed by atoms with E-state index in [0.717, 1.165) is 30.8 Å². The lowest BCUT2D eigenvalue weighted by atomic mass is 10.1. The summed E-state index contributed by atoms with van der Waals surface area (Å²) in [7, 11) is 0. The molecule has 0 saturated carbocycles. The molecule has 19 heavy (non-hydrogen) atoms. The Labute approximate surface area is 112 Å². The highest BCUT2D eigenvalue weighted by Gasteiger charge is 2.18. The molecule has 0 bridgehead atoms. The largest absolute Gasteiger partial charge is 0.375 e. The van der Waals surface area contributed by atoms with Gasteiger partial charge in [0.2, 0.25) is 11.7 Å². The molecule has 0 aliphatic carbocycles. The van der Waals surface area contributed by atoms with Crippen LogP contribution in [-0.4, -0.2) is 35.9 Å². The third-order valence-corrected chi connectivity index (χ3v) is 3.26. The molecule has 1 saturated heterocycles. The number of ether oxygens (including phenoxy) is 1. The number of aryl methyl sites for hydroxylation is 1. The predicted octanol–water partition coefficient (Wildman–Crippen LogP) is 1.58. The van der Waals surface area contributed by atoms with Crippen molar-refractivity contribution in [1.82, 2.24) is 15.5 Å². The minimum Gasteiger partial charge on any atom is -0.375 e.